The first-order valence-electron chi connectivity index (χ1n) is 8.17. The summed E-state index contributed by atoms with van der Waals surface area (Å²) < 4.78 is 30.5. The van der Waals surface area contributed by atoms with Crippen LogP contribution in [0.5, 0.6) is 0 Å². The Labute approximate surface area is 142 Å². The van der Waals surface area contributed by atoms with Gasteiger partial charge in [0, 0.05) is 37.3 Å². The minimum atomic E-state index is -3.54. The standard InChI is InChI=1S/C16H23N5O2S/c1-12(2)20(3)24(22,23)19-14-9-7-13(8-10-14)16-18-17-15-6-4-5-11-21(15)16/h7-10,12,19H,4-6,11H2,1-3H3. The molecule has 7 nitrogen and oxygen atoms in total. The molecule has 0 fully saturated rings. The van der Waals surface area contributed by atoms with Crippen molar-refractivity contribution >= 4 is 15.9 Å². The second-order valence-corrected chi connectivity index (χ2v) is 8.07. The van der Waals surface area contributed by atoms with Gasteiger partial charge < -0.3 is 4.57 Å². The number of nitrogens with zero attached hydrogens (tertiary/aromatic N) is 4. The lowest BCUT2D eigenvalue weighted by atomic mass is 10.1. The molecule has 1 aliphatic rings. The van der Waals surface area contributed by atoms with Gasteiger partial charge in [-0.15, -0.1) is 10.2 Å². The van der Waals surface area contributed by atoms with Crippen molar-refractivity contribution in [1.82, 2.24) is 19.1 Å². The van der Waals surface area contributed by atoms with E-state index in [9.17, 15) is 8.42 Å². The van der Waals surface area contributed by atoms with E-state index in [0.29, 0.717) is 5.69 Å². The van der Waals surface area contributed by atoms with E-state index in [1.54, 1.807) is 19.2 Å². The van der Waals surface area contributed by atoms with Crippen LogP contribution >= 0.6 is 0 Å². The minimum absolute atomic E-state index is 0.107. The molecule has 130 valence electrons. The van der Waals surface area contributed by atoms with Crippen LogP contribution in [-0.4, -0.2) is 40.6 Å². The Morgan fingerprint density at radius 1 is 1.17 bits per heavy atom. The zero-order valence-corrected chi connectivity index (χ0v) is 15.0. The molecule has 0 saturated heterocycles. The first-order chi connectivity index (χ1) is 11.4. The topological polar surface area (TPSA) is 80.1 Å². The molecule has 0 saturated carbocycles. The lowest BCUT2D eigenvalue weighted by Crippen LogP contribution is -2.37. The average Bonchev–Trinajstić information content (AvgIpc) is 2.98. The highest BCUT2D eigenvalue weighted by molar-refractivity contribution is 7.90. The van der Waals surface area contributed by atoms with Gasteiger partial charge in [0.15, 0.2) is 5.82 Å². The quantitative estimate of drug-likeness (QED) is 0.898. The highest BCUT2D eigenvalue weighted by Gasteiger charge is 2.21. The molecule has 1 aromatic heterocycles. The largest absolute Gasteiger partial charge is 0.311 e. The van der Waals surface area contributed by atoms with Gasteiger partial charge in [-0.1, -0.05) is 0 Å². The van der Waals surface area contributed by atoms with Crippen LogP contribution in [0, 0.1) is 0 Å². The van der Waals surface area contributed by atoms with E-state index in [-0.39, 0.29) is 6.04 Å². The smallest absolute Gasteiger partial charge is 0.301 e. The van der Waals surface area contributed by atoms with E-state index in [0.717, 1.165) is 43.0 Å². The number of benzene rings is 1. The summed E-state index contributed by atoms with van der Waals surface area (Å²) in [5.74, 6) is 1.87. The molecule has 0 aliphatic carbocycles. The number of aromatic nitrogens is 3. The molecule has 1 N–H and O–H groups in total. The summed E-state index contributed by atoms with van der Waals surface area (Å²) in [6.07, 6.45) is 3.26. The normalized spacial score (nSPS) is 14.9. The van der Waals surface area contributed by atoms with Crippen molar-refractivity contribution in [2.45, 2.75) is 45.7 Å². The molecule has 0 unspecified atom stereocenters. The molecule has 3 rings (SSSR count). The summed E-state index contributed by atoms with van der Waals surface area (Å²) in [6, 6.07) is 7.15. The Morgan fingerprint density at radius 3 is 2.54 bits per heavy atom. The van der Waals surface area contributed by atoms with Crippen LogP contribution in [0.4, 0.5) is 5.69 Å². The van der Waals surface area contributed by atoms with Crippen molar-refractivity contribution in [3.05, 3.63) is 30.1 Å². The van der Waals surface area contributed by atoms with Gasteiger partial charge in [0.2, 0.25) is 0 Å². The van der Waals surface area contributed by atoms with Crippen LogP contribution in [0.1, 0.15) is 32.5 Å². The highest BCUT2D eigenvalue weighted by atomic mass is 32.2. The molecule has 0 amide bonds. The van der Waals surface area contributed by atoms with Gasteiger partial charge in [-0.3, -0.25) is 4.72 Å². The molecule has 1 aromatic carbocycles. The fourth-order valence-electron chi connectivity index (χ4n) is 2.71. The van der Waals surface area contributed by atoms with Gasteiger partial charge in [0.05, 0.1) is 0 Å². The minimum Gasteiger partial charge on any atom is -0.311 e. The fourth-order valence-corrected chi connectivity index (χ4v) is 3.84. The van der Waals surface area contributed by atoms with E-state index < -0.39 is 10.2 Å². The van der Waals surface area contributed by atoms with Crippen molar-refractivity contribution in [1.29, 1.82) is 0 Å². The summed E-state index contributed by atoms with van der Waals surface area (Å²) in [6.45, 7) is 4.60. The third kappa shape index (κ3) is 3.29. The van der Waals surface area contributed by atoms with E-state index in [1.807, 2.05) is 26.0 Å². The van der Waals surface area contributed by atoms with Crippen molar-refractivity contribution in [3.63, 3.8) is 0 Å². The molecular formula is C16H23N5O2S. The number of hydrogen-bond acceptors (Lipinski definition) is 4. The number of anilines is 1. The lowest BCUT2D eigenvalue weighted by Gasteiger charge is -2.21. The molecule has 0 radical (unpaired) electrons. The number of nitrogens with one attached hydrogen (secondary N) is 1. The zero-order valence-electron chi connectivity index (χ0n) is 14.2. The third-order valence-electron chi connectivity index (χ3n) is 4.36. The van der Waals surface area contributed by atoms with Gasteiger partial charge in [-0.05, 0) is 51.0 Å². The van der Waals surface area contributed by atoms with Crippen molar-refractivity contribution in [2.24, 2.45) is 0 Å². The maximum atomic E-state index is 12.2. The maximum Gasteiger partial charge on any atom is 0.301 e. The van der Waals surface area contributed by atoms with Crippen molar-refractivity contribution in [3.8, 4) is 11.4 Å². The van der Waals surface area contributed by atoms with E-state index in [4.69, 9.17) is 0 Å². The van der Waals surface area contributed by atoms with Crippen LogP contribution in [0.2, 0.25) is 0 Å². The van der Waals surface area contributed by atoms with Crippen molar-refractivity contribution in [2.75, 3.05) is 11.8 Å². The molecule has 0 atom stereocenters. The summed E-state index contributed by atoms with van der Waals surface area (Å²) >= 11 is 0. The van der Waals surface area contributed by atoms with Crippen molar-refractivity contribution < 1.29 is 8.42 Å². The summed E-state index contributed by atoms with van der Waals surface area (Å²) in [4.78, 5) is 0. The number of fused-ring (bicyclic) bond motifs is 1. The Kier molecular flexibility index (Phi) is 4.60. The van der Waals surface area contributed by atoms with Crippen LogP contribution in [0.3, 0.4) is 0 Å². The number of aryl methyl sites for hydroxylation is 1. The van der Waals surface area contributed by atoms with Gasteiger partial charge in [0.25, 0.3) is 0 Å². The molecule has 1 aliphatic heterocycles. The predicted molar refractivity (Wildman–Crippen MR) is 93.8 cm³/mol. The van der Waals surface area contributed by atoms with E-state index in [2.05, 4.69) is 19.5 Å². The van der Waals surface area contributed by atoms with E-state index in [1.165, 1.54) is 4.31 Å². The Morgan fingerprint density at radius 2 is 1.88 bits per heavy atom. The van der Waals surface area contributed by atoms with Crippen LogP contribution < -0.4 is 4.72 Å². The van der Waals surface area contributed by atoms with Gasteiger partial charge in [-0.25, -0.2) is 0 Å². The van der Waals surface area contributed by atoms with Gasteiger partial charge >= 0.3 is 10.2 Å². The number of rotatable bonds is 5. The lowest BCUT2D eigenvalue weighted by molar-refractivity contribution is 0.414. The van der Waals surface area contributed by atoms with Crippen LogP contribution in [0.15, 0.2) is 24.3 Å². The molecule has 0 spiro atoms. The Bertz CT molecular complexity index is 811. The molecule has 2 heterocycles. The van der Waals surface area contributed by atoms with Gasteiger partial charge in [-0.2, -0.15) is 12.7 Å². The molecule has 24 heavy (non-hydrogen) atoms. The summed E-state index contributed by atoms with van der Waals surface area (Å²) in [5.41, 5.74) is 1.47. The molecular weight excluding hydrogens is 326 g/mol. The first kappa shape index (κ1) is 16.9. The highest BCUT2D eigenvalue weighted by Crippen LogP contribution is 2.24. The van der Waals surface area contributed by atoms with E-state index >= 15 is 0 Å². The van der Waals surface area contributed by atoms with Gasteiger partial charge in [0.1, 0.15) is 5.82 Å². The Balaban J connectivity index is 1.80. The van der Waals surface area contributed by atoms with Crippen LogP contribution in [-0.2, 0) is 23.2 Å². The molecule has 0 bridgehead atoms. The monoisotopic (exact) mass is 349 g/mol. The second kappa shape index (κ2) is 6.52. The maximum absolute atomic E-state index is 12.2. The molecule has 2 aromatic rings. The third-order valence-corrected chi connectivity index (χ3v) is 6.03. The predicted octanol–water partition coefficient (Wildman–Crippen LogP) is 2.28. The average molecular weight is 349 g/mol. The first-order valence-corrected chi connectivity index (χ1v) is 9.61. The van der Waals surface area contributed by atoms with Crippen LogP contribution in [0.25, 0.3) is 11.4 Å². The summed E-state index contributed by atoms with van der Waals surface area (Å²) in [7, 11) is -1.98. The second-order valence-electron chi connectivity index (χ2n) is 6.34. The SMILES string of the molecule is CC(C)N(C)S(=O)(=O)Nc1ccc(-c2nnc3n2CCCC3)cc1. The summed E-state index contributed by atoms with van der Waals surface area (Å²) in [5, 5.41) is 8.54. The fraction of sp³-hybridized carbons (Fsp3) is 0.500. The zero-order chi connectivity index (χ0) is 17.3. The number of hydrogen-bond donors (Lipinski definition) is 1. The molecule has 8 heteroatoms. The Hall–Kier alpha value is -1.93.